The molecule has 8 heteroatoms. The van der Waals surface area contributed by atoms with Crippen LogP contribution in [0.2, 0.25) is 0 Å². The van der Waals surface area contributed by atoms with Crippen LogP contribution < -0.4 is 0 Å². The molecule has 0 saturated carbocycles. The smallest absolute Gasteiger partial charge is 0.425 e. The van der Waals surface area contributed by atoms with Gasteiger partial charge < -0.3 is 4.74 Å². The van der Waals surface area contributed by atoms with Crippen molar-refractivity contribution in [2.45, 2.75) is 11.7 Å². The third-order valence-electron chi connectivity index (χ3n) is 1.65. The molecule has 0 saturated heterocycles. The summed E-state index contributed by atoms with van der Waals surface area (Å²) in [5.41, 5.74) is -3.16. The Bertz CT molecular complexity index is 299. The molecule has 0 aromatic rings. The number of azo groups is 1. The summed E-state index contributed by atoms with van der Waals surface area (Å²) in [5, 5.41) is 5.60. The number of hydrogen-bond acceptors (Lipinski definition) is 4. The topological polar surface area (TPSA) is 51.0 Å². The lowest BCUT2D eigenvalue weighted by Crippen LogP contribution is -2.46. The number of carbonyl (C=O) groups is 1. The minimum atomic E-state index is -4.99. The van der Waals surface area contributed by atoms with Gasteiger partial charge >= 0.3 is 6.18 Å². The lowest BCUT2D eigenvalue weighted by molar-refractivity contribution is -0.187. The lowest BCUT2D eigenvalue weighted by Gasteiger charge is -2.25. The molecule has 0 radical (unpaired) electrons. The predicted octanol–water partition coefficient (Wildman–Crippen LogP) is 1.74. The maximum atomic E-state index is 12.4. The second-order valence-corrected chi connectivity index (χ2v) is 2.41. The molecule has 0 spiro atoms. The van der Waals surface area contributed by atoms with Gasteiger partial charge in [0.25, 0.3) is 12.0 Å². The van der Waals surface area contributed by atoms with Gasteiger partial charge in [-0.25, -0.2) is 4.39 Å². The van der Waals surface area contributed by atoms with Crippen LogP contribution in [0.4, 0.5) is 17.6 Å². The van der Waals surface area contributed by atoms with Crippen molar-refractivity contribution < 1.29 is 27.1 Å². The Morgan fingerprint density at radius 2 is 2.21 bits per heavy atom. The molecule has 78 valence electrons. The molecule has 4 nitrogen and oxygen atoms in total. The molecule has 1 atom stereocenters. The molecular weight excluding hydrogens is 208 g/mol. The summed E-state index contributed by atoms with van der Waals surface area (Å²) in [4.78, 5) is 9.86. The highest BCUT2D eigenvalue weighted by Crippen LogP contribution is 2.43. The summed E-state index contributed by atoms with van der Waals surface area (Å²) in [6.45, 7) is -2.10. The number of ether oxygens (including phenoxy) is 1. The van der Waals surface area contributed by atoms with Crippen molar-refractivity contribution in [3.8, 4) is 0 Å². The van der Waals surface area contributed by atoms with E-state index in [4.69, 9.17) is 0 Å². The van der Waals surface area contributed by atoms with Crippen molar-refractivity contribution in [3.63, 3.8) is 0 Å². The van der Waals surface area contributed by atoms with Gasteiger partial charge in [0.05, 0.1) is 6.20 Å². The van der Waals surface area contributed by atoms with E-state index in [1.54, 1.807) is 0 Å². The highest BCUT2D eigenvalue weighted by atomic mass is 19.4. The molecule has 14 heavy (non-hydrogen) atoms. The van der Waals surface area contributed by atoms with Crippen molar-refractivity contribution in [2.24, 2.45) is 10.2 Å². The molecule has 0 aliphatic carbocycles. The van der Waals surface area contributed by atoms with E-state index in [1.807, 2.05) is 0 Å². The Morgan fingerprint density at radius 1 is 1.57 bits per heavy atom. The summed E-state index contributed by atoms with van der Waals surface area (Å²) in [7, 11) is 0. The van der Waals surface area contributed by atoms with E-state index in [2.05, 4.69) is 15.0 Å². The zero-order valence-corrected chi connectivity index (χ0v) is 6.58. The van der Waals surface area contributed by atoms with Gasteiger partial charge in [0.2, 0.25) is 0 Å². The van der Waals surface area contributed by atoms with Crippen molar-refractivity contribution in [3.05, 3.63) is 12.0 Å². The normalized spacial score (nSPS) is 26.1. The number of carbonyl (C=O) groups excluding carboxylic acids is 1. The summed E-state index contributed by atoms with van der Waals surface area (Å²) in [5.74, 6) is -0.956. The third-order valence-corrected chi connectivity index (χ3v) is 1.65. The number of halogens is 4. The molecule has 1 rings (SSSR count). The van der Waals surface area contributed by atoms with Crippen LogP contribution in [0.5, 0.6) is 0 Å². The SMILES string of the molecule is O=COC1=CN=NC1(CF)C(F)(F)F. The van der Waals surface area contributed by atoms with E-state index in [9.17, 15) is 22.4 Å². The van der Waals surface area contributed by atoms with Gasteiger partial charge in [0, 0.05) is 0 Å². The van der Waals surface area contributed by atoms with E-state index in [-0.39, 0.29) is 6.47 Å². The summed E-state index contributed by atoms with van der Waals surface area (Å²) >= 11 is 0. The lowest BCUT2D eigenvalue weighted by atomic mass is 10.0. The molecule has 0 fully saturated rings. The van der Waals surface area contributed by atoms with E-state index >= 15 is 0 Å². The van der Waals surface area contributed by atoms with E-state index < -0.39 is 24.1 Å². The minimum Gasteiger partial charge on any atom is -0.428 e. The molecule has 1 heterocycles. The first-order valence-electron chi connectivity index (χ1n) is 3.33. The van der Waals surface area contributed by atoms with Gasteiger partial charge in [-0.05, 0) is 0 Å². The first-order chi connectivity index (χ1) is 6.48. The average Bonchev–Trinajstić information content (AvgIpc) is 2.48. The van der Waals surface area contributed by atoms with Crippen LogP contribution in [-0.4, -0.2) is 24.9 Å². The van der Waals surface area contributed by atoms with Crippen LogP contribution in [0.1, 0.15) is 0 Å². The Hall–Kier alpha value is -1.47. The first kappa shape index (κ1) is 10.6. The predicted molar refractivity (Wildman–Crippen MR) is 34.8 cm³/mol. The second-order valence-electron chi connectivity index (χ2n) is 2.41. The quantitative estimate of drug-likeness (QED) is 0.528. The highest BCUT2D eigenvalue weighted by molar-refractivity contribution is 5.42. The Balaban J connectivity index is 3.06. The van der Waals surface area contributed by atoms with Crippen molar-refractivity contribution in [1.29, 1.82) is 0 Å². The number of hydrogen-bond donors (Lipinski definition) is 0. The van der Waals surface area contributed by atoms with Crippen LogP contribution in [0.3, 0.4) is 0 Å². The fourth-order valence-electron chi connectivity index (χ4n) is 0.880. The van der Waals surface area contributed by atoms with Crippen LogP contribution in [-0.2, 0) is 9.53 Å². The molecule has 0 amide bonds. The third kappa shape index (κ3) is 1.36. The average molecular weight is 212 g/mol. The molecule has 0 aromatic carbocycles. The van der Waals surface area contributed by atoms with Crippen molar-refractivity contribution in [2.75, 3.05) is 6.67 Å². The molecular formula is C6H4F4N2O2. The molecule has 1 aliphatic rings. The van der Waals surface area contributed by atoms with Gasteiger partial charge in [-0.2, -0.15) is 23.4 Å². The van der Waals surface area contributed by atoms with Gasteiger partial charge in [-0.3, -0.25) is 4.79 Å². The minimum absolute atomic E-state index is 0.238. The largest absolute Gasteiger partial charge is 0.428 e. The van der Waals surface area contributed by atoms with Gasteiger partial charge in [0.15, 0.2) is 5.76 Å². The fourth-order valence-corrected chi connectivity index (χ4v) is 0.880. The highest BCUT2D eigenvalue weighted by Gasteiger charge is 2.62. The van der Waals surface area contributed by atoms with E-state index in [0.29, 0.717) is 6.20 Å². The Labute approximate surface area is 75.3 Å². The summed E-state index contributed by atoms with van der Waals surface area (Å²) in [6, 6.07) is 0. The van der Waals surface area contributed by atoms with Crippen molar-refractivity contribution in [1.82, 2.24) is 0 Å². The molecule has 0 aromatic heterocycles. The van der Waals surface area contributed by atoms with E-state index in [1.165, 1.54) is 0 Å². The summed E-state index contributed by atoms with van der Waals surface area (Å²) in [6.07, 6.45) is -4.43. The second kappa shape index (κ2) is 3.35. The Kier molecular flexibility index (Phi) is 2.54. The van der Waals surface area contributed by atoms with Crippen LogP contribution in [0.15, 0.2) is 22.2 Å². The standard InChI is InChI=1S/C6H4F4N2O2/c7-2-5(6(8,9)10)4(14-3-13)1-11-12-5/h1,3H,2H2. The van der Waals surface area contributed by atoms with Crippen LogP contribution in [0, 0.1) is 0 Å². The molecule has 1 unspecified atom stereocenters. The fraction of sp³-hybridized carbons (Fsp3) is 0.500. The van der Waals surface area contributed by atoms with Gasteiger partial charge in [-0.15, -0.1) is 0 Å². The molecule has 1 aliphatic heterocycles. The van der Waals surface area contributed by atoms with Crippen molar-refractivity contribution >= 4 is 6.47 Å². The van der Waals surface area contributed by atoms with Gasteiger partial charge in [0.1, 0.15) is 6.67 Å². The maximum absolute atomic E-state index is 12.4. The van der Waals surface area contributed by atoms with E-state index in [0.717, 1.165) is 0 Å². The summed E-state index contributed by atoms with van der Waals surface area (Å²) < 4.78 is 53.4. The molecule has 0 bridgehead atoms. The maximum Gasteiger partial charge on any atom is 0.425 e. The number of rotatable bonds is 3. The monoisotopic (exact) mass is 212 g/mol. The van der Waals surface area contributed by atoms with Crippen LogP contribution >= 0.6 is 0 Å². The zero-order valence-electron chi connectivity index (χ0n) is 6.58. The zero-order chi connectivity index (χ0) is 10.8. The number of alkyl halides is 4. The van der Waals surface area contributed by atoms with Crippen LogP contribution in [0.25, 0.3) is 0 Å². The first-order valence-corrected chi connectivity index (χ1v) is 3.33. The molecule has 0 N–H and O–H groups in total. The number of nitrogens with zero attached hydrogens (tertiary/aromatic N) is 2. The van der Waals surface area contributed by atoms with Gasteiger partial charge in [-0.1, -0.05) is 0 Å². The Morgan fingerprint density at radius 3 is 2.64 bits per heavy atom.